The Kier molecular flexibility index (Phi) is 5.52. The van der Waals surface area contributed by atoms with Crippen LogP contribution in [0.25, 0.3) is 0 Å². The molecule has 0 saturated carbocycles. The lowest BCUT2D eigenvalue weighted by Crippen LogP contribution is -2.31. The minimum absolute atomic E-state index is 0.163. The predicted molar refractivity (Wildman–Crippen MR) is 90.0 cm³/mol. The van der Waals surface area contributed by atoms with E-state index >= 15 is 0 Å². The van der Waals surface area contributed by atoms with Crippen LogP contribution in [0.1, 0.15) is 18.5 Å². The van der Waals surface area contributed by atoms with E-state index in [0.29, 0.717) is 15.7 Å². The highest BCUT2D eigenvalue weighted by Crippen LogP contribution is 2.29. The van der Waals surface area contributed by atoms with Crippen molar-refractivity contribution in [3.63, 3.8) is 0 Å². The summed E-state index contributed by atoms with van der Waals surface area (Å²) in [5.41, 5.74) is 1.43. The van der Waals surface area contributed by atoms with Gasteiger partial charge in [0.25, 0.3) is 0 Å². The van der Waals surface area contributed by atoms with E-state index in [-0.39, 0.29) is 12.1 Å². The summed E-state index contributed by atoms with van der Waals surface area (Å²) in [6.07, 6.45) is 0. The molecule has 0 radical (unpaired) electrons. The Morgan fingerprint density at radius 1 is 1.14 bits per heavy atom. The Bertz CT molecular complexity index is 660. The second-order valence-electron chi connectivity index (χ2n) is 4.69. The van der Waals surface area contributed by atoms with Crippen molar-refractivity contribution in [3.05, 3.63) is 58.1 Å². The lowest BCUT2D eigenvalue weighted by Gasteiger charge is -2.16. The van der Waals surface area contributed by atoms with Gasteiger partial charge in [-0.05, 0) is 36.8 Å². The van der Waals surface area contributed by atoms with Gasteiger partial charge in [-0.25, -0.2) is 4.79 Å². The van der Waals surface area contributed by atoms with Crippen LogP contribution in [0.4, 0.5) is 10.5 Å². The number of benzene rings is 2. The van der Waals surface area contributed by atoms with Crippen molar-refractivity contribution in [1.82, 2.24) is 5.32 Å². The Morgan fingerprint density at radius 2 is 1.82 bits per heavy atom. The molecule has 2 rings (SSSR count). The lowest BCUT2D eigenvalue weighted by molar-refractivity contribution is 0.249. The molecule has 1 atom stereocenters. The van der Waals surface area contributed by atoms with Crippen LogP contribution in [0.5, 0.6) is 5.75 Å². The Balaban J connectivity index is 2.00. The van der Waals surface area contributed by atoms with Crippen molar-refractivity contribution in [1.29, 1.82) is 0 Å². The average molecular weight is 339 g/mol. The number of nitrogens with one attached hydrogen (secondary N) is 2. The quantitative estimate of drug-likeness (QED) is 0.834. The minimum atomic E-state index is -0.354. The SMILES string of the molecule is COc1ccc(C(C)NC(=O)Nc2cccc(Cl)c2Cl)cc1. The Labute approximate surface area is 139 Å². The molecule has 0 fully saturated rings. The molecule has 116 valence electrons. The van der Waals surface area contributed by atoms with Crippen molar-refractivity contribution in [2.24, 2.45) is 0 Å². The van der Waals surface area contributed by atoms with Gasteiger partial charge in [0, 0.05) is 0 Å². The van der Waals surface area contributed by atoms with Gasteiger partial charge >= 0.3 is 6.03 Å². The van der Waals surface area contributed by atoms with Gasteiger partial charge in [0.1, 0.15) is 5.75 Å². The summed E-state index contributed by atoms with van der Waals surface area (Å²) in [5.74, 6) is 0.770. The summed E-state index contributed by atoms with van der Waals surface area (Å²) in [6.45, 7) is 1.89. The minimum Gasteiger partial charge on any atom is -0.497 e. The van der Waals surface area contributed by atoms with Gasteiger partial charge in [0.15, 0.2) is 0 Å². The van der Waals surface area contributed by atoms with E-state index in [1.165, 1.54) is 0 Å². The molecule has 6 heteroatoms. The molecule has 0 saturated heterocycles. The molecular formula is C16H16Cl2N2O2. The molecular weight excluding hydrogens is 323 g/mol. The van der Waals surface area contributed by atoms with Crippen LogP contribution in [0.15, 0.2) is 42.5 Å². The summed E-state index contributed by atoms with van der Waals surface area (Å²) in [6, 6.07) is 12.0. The number of carbonyl (C=O) groups is 1. The third-order valence-corrected chi connectivity index (χ3v) is 3.98. The molecule has 0 bridgehead atoms. The summed E-state index contributed by atoms with van der Waals surface area (Å²) in [4.78, 5) is 12.0. The molecule has 4 nitrogen and oxygen atoms in total. The Morgan fingerprint density at radius 3 is 2.45 bits per heavy atom. The summed E-state index contributed by atoms with van der Waals surface area (Å²) in [7, 11) is 1.61. The van der Waals surface area contributed by atoms with Crippen molar-refractivity contribution >= 4 is 34.9 Å². The third kappa shape index (κ3) is 4.06. The second-order valence-corrected chi connectivity index (χ2v) is 5.48. The summed E-state index contributed by atoms with van der Waals surface area (Å²) in [5, 5.41) is 6.23. The first kappa shape index (κ1) is 16.5. The van der Waals surface area contributed by atoms with E-state index in [1.807, 2.05) is 31.2 Å². The predicted octanol–water partition coefficient (Wildman–Crippen LogP) is 4.88. The topological polar surface area (TPSA) is 50.4 Å². The number of urea groups is 1. The van der Waals surface area contributed by atoms with Gasteiger partial charge in [-0.2, -0.15) is 0 Å². The average Bonchev–Trinajstić information content (AvgIpc) is 2.52. The van der Waals surface area contributed by atoms with Crippen LogP contribution in [-0.2, 0) is 0 Å². The van der Waals surface area contributed by atoms with Crippen molar-refractivity contribution in [2.45, 2.75) is 13.0 Å². The molecule has 2 aromatic rings. The van der Waals surface area contributed by atoms with Crippen molar-refractivity contribution in [3.8, 4) is 5.75 Å². The second kappa shape index (κ2) is 7.38. The highest BCUT2D eigenvalue weighted by molar-refractivity contribution is 6.43. The first-order valence-electron chi connectivity index (χ1n) is 6.66. The van der Waals surface area contributed by atoms with E-state index < -0.39 is 0 Å². The van der Waals surface area contributed by atoms with Crippen LogP contribution >= 0.6 is 23.2 Å². The number of hydrogen-bond acceptors (Lipinski definition) is 2. The maximum absolute atomic E-state index is 12.0. The maximum atomic E-state index is 12.0. The standard InChI is InChI=1S/C16H16Cl2N2O2/c1-10(11-6-8-12(22-2)9-7-11)19-16(21)20-14-5-3-4-13(17)15(14)18/h3-10H,1-2H3,(H2,19,20,21). The number of halogens is 2. The number of hydrogen-bond donors (Lipinski definition) is 2. The summed E-state index contributed by atoms with van der Waals surface area (Å²) < 4.78 is 5.11. The van der Waals surface area contributed by atoms with E-state index in [2.05, 4.69) is 10.6 Å². The fourth-order valence-electron chi connectivity index (χ4n) is 1.93. The van der Waals surface area contributed by atoms with Crippen LogP contribution < -0.4 is 15.4 Å². The first-order valence-corrected chi connectivity index (χ1v) is 7.42. The molecule has 22 heavy (non-hydrogen) atoms. The monoisotopic (exact) mass is 338 g/mol. The van der Waals surface area contributed by atoms with E-state index in [0.717, 1.165) is 11.3 Å². The van der Waals surface area contributed by atoms with Crippen molar-refractivity contribution in [2.75, 3.05) is 12.4 Å². The molecule has 0 heterocycles. The van der Waals surface area contributed by atoms with Gasteiger partial charge in [-0.3, -0.25) is 0 Å². The first-order chi connectivity index (χ1) is 10.5. The molecule has 0 aromatic heterocycles. The Hall–Kier alpha value is -1.91. The summed E-state index contributed by atoms with van der Waals surface area (Å²) >= 11 is 11.9. The number of rotatable bonds is 4. The van der Waals surface area contributed by atoms with Gasteiger partial charge < -0.3 is 15.4 Å². The molecule has 0 aliphatic heterocycles. The van der Waals surface area contributed by atoms with Gasteiger partial charge in [-0.1, -0.05) is 41.4 Å². The maximum Gasteiger partial charge on any atom is 0.319 e. The molecule has 0 aliphatic rings. The molecule has 1 unspecified atom stereocenters. The zero-order valence-corrected chi connectivity index (χ0v) is 13.7. The number of anilines is 1. The van der Waals surface area contributed by atoms with E-state index in [9.17, 15) is 4.79 Å². The van der Waals surface area contributed by atoms with Gasteiger partial charge in [0.2, 0.25) is 0 Å². The smallest absolute Gasteiger partial charge is 0.319 e. The van der Waals surface area contributed by atoms with E-state index in [4.69, 9.17) is 27.9 Å². The van der Waals surface area contributed by atoms with E-state index in [1.54, 1.807) is 25.3 Å². The number of amides is 2. The van der Waals surface area contributed by atoms with Gasteiger partial charge in [-0.15, -0.1) is 0 Å². The number of carbonyl (C=O) groups excluding carboxylic acids is 1. The van der Waals surface area contributed by atoms with Crippen LogP contribution in [-0.4, -0.2) is 13.1 Å². The molecule has 0 spiro atoms. The fourth-order valence-corrected chi connectivity index (χ4v) is 2.28. The van der Waals surface area contributed by atoms with Crippen LogP contribution in [0.3, 0.4) is 0 Å². The zero-order chi connectivity index (χ0) is 16.1. The third-order valence-electron chi connectivity index (χ3n) is 3.16. The van der Waals surface area contributed by atoms with Crippen LogP contribution in [0.2, 0.25) is 10.0 Å². The highest BCUT2D eigenvalue weighted by Gasteiger charge is 2.12. The highest BCUT2D eigenvalue weighted by atomic mass is 35.5. The molecule has 2 amide bonds. The molecule has 2 aromatic carbocycles. The fraction of sp³-hybridized carbons (Fsp3) is 0.188. The zero-order valence-electron chi connectivity index (χ0n) is 12.2. The molecule has 2 N–H and O–H groups in total. The normalized spacial score (nSPS) is 11.6. The number of ether oxygens (including phenoxy) is 1. The largest absolute Gasteiger partial charge is 0.497 e. The number of methoxy groups -OCH3 is 1. The molecule has 0 aliphatic carbocycles. The van der Waals surface area contributed by atoms with Crippen molar-refractivity contribution < 1.29 is 9.53 Å². The van der Waals surface area contributed by atoms with Crippen LogP contribution in [0, 0.1) is 0 Å². The lowest BCUT2D eigenvalue weighted by atomic mass is 10.1. The van der Waals surface area contributed by atoms with Gasteiger partial charge in [0.05, 0.1) is 28.9 Å².